The van der Waals surface area contributed by atoms with Gasteiger partial charge in [-0.3, -0.25) is 4.98 Å². The Hall–Kier alpha value is -1.78. The van der Waals surface area contributed by atoms with Gasteiger partial charge in [-0.25, -0.2) is 4.98 Å². The summed E-state index contributed by atoms with van der Waals surface area (Å²) in [5, 5.41) is 4.27. The lowest BCUT2D eigenvalue weighted by Gasteiger charge is -2.02. The first kappa shape index (κ1) is 11.3. The lowest BCUT2D eigenvalue weighted by atomic mass is 10.1. The Balaban J connectivity index is 2.12. The maximum absolute atomic E-state index is 5.55. The highest BCUT2D eigenvalue weighted by Crippen LogP contribution is 2.29. The fraction of sp³-hybridized carbons (Fsp3) is 0.143. The van der Waals surface area contributed by atoms with Crippen molar-refractivity contribution in [2.24, 2.45) is 5.73 Å². The van der Waals surface area contributed by atoms with Gasteiger partial charge in [0, 0.05) is 28.9 Å². The van der Waals surface area contributed by atoms with Crippen LogP contribution in [-0.2, 0) is 6.42 Å². The summed E-state index contributed by atoms with van der Waals surface area (Å²) >= 11 is 1.66. The van der Waals surface area contributed by atoms with Crippen LogP contribution < -0.4 is 5.73 Å². The van der Waals surface area contributed by atoms with E-state index in [1.54, 1.807) is 11.3 Å². The van der Waals surface area contributed by atoms with Crippen LogP contribution in [0.15, 0.2) is 41.9 Å². The Kier molecular flexibility index (Phi) is 3.04. The van der Waals surface area contributed by atoms with Gasteiger partial charge < -0.3 is 5.73 Å². The molecule has 0 saturated carbocycles. The predicted molar refractivity (Wildman–Crippen MR) is 75.6 cm³/mol. The van der Waals surface area contributed by atoms with Crippen molar-refractivity contribution < 1.29 is 0 Å². The molecule has 2 N–H and O–H groups in total. The third kappa shape index (κ3) is 2.00. The number of hydrogen-bond donors (Lipinski definition) is 1. The summed E-state index contributed by atoms with van der Waals surface area (Å²) in [6, 6.07) is 10.2. The number of hydrogen-bond acceptors (Lipinski definition) is 4. The van der Waals surface area contributed by atoms with Crippen LogP contribution in [-0.4, -0.2) is 16.5 Å². The van der Waals surface area contributed by atoms with E-state index in [0.29, 0.717) is 6.54 Å². The van der Waals surface area contributed by atoms with Gasteiger partial charge in [-0.15, -0.1) is 11.3 Å². The topological polar surface area (TPSA) is 51.8 Å². The smallest absolute Gasteiger partial charge is 0.124 e. The minimum Gasteiger partial charge on any atom is -0.330 e. The molecule has 3 aromatic rings. The Morgan fingerprint density at radius 3 is 2.94 bits per heavy atom. The molecule has 0 fully saturated rings. The molecule has 18 heavy (non-hydrogen) atoms. The molecule has 3 rings (SSSR count). The van der Waals surface area contributed by atoms with Crippen LogP contribution in [0, 0.1) is 0 Å². The average Bonchev–Trinajstić information content (AvgIpc) is 2.87. The van der Waals surface area contributed by atoms with Crippen LogP contribution in [0.5, 0.6) is 0 Å². The third-order valence-corrected chi connectivity index (χ3v) is 3.76. The second-order valence-corrected chi connectivity index (χ2v) is 4.92. The van der Waals surface area contributed by atoms with Crippen molar-refractivity contribution >= 4 is 22.2 Å². The summed E-state index contributed by atoms with van der Waals surface area (Å²) in [7, 11) is 0. The molecule has 0 saturated heterocycles. The quantitative estimate of drug-likeness (QED) is 0.783. The standard InChI is InChI=1S/C14H13N3S/c15-7-5-10-9-18-14(17-10)12-6-8-16-13-4-2-1-3-11(12)13/h1-4,6,8-9H,5,7,15H2. The first-order valence-electron chi connectivity index (χ1n) is 5.87. The number of thiazole rings is 1. The second kappa shape index (κ2) is 4.84. The van der Waals surface area contributed by atoms with Gasteiger partial charge in [0.25, 0.3) is 0 Å². The van der Waals surface area contributed by atoms with E-state index in [0.717, 1.165) is 33.6 Å². The van der Waals surface area contributed by atoms with Crippen LogP contribution in [0.3, 0.4) is 0 Å². The minimum absolute atomic E-state index is 0.639. The van der Waals surface area contributed by atoms with E-state index >= 15 is 0 Å². The van der Waals surface area contributed by atoms with Crippen LogP contribution in [0.1, 0.15) is 5.69 Å². The van der Waals surface area contributed by atoms with Crippen LogP contribution in [0.4, 0.5) is 0 Å². The van der Waals surface area contributed by atoms with Gasteiger partial charge in [-0.2, -0.15) is 0 Å². The fourth-order valence-electron chi connectivity index (χ4n) is 1.98. The van der Waals surface area contributed by atoms with Crippen LogP contribution >= 0.6 is 11.3 Å². The molecule has 4 heteroatoms. The Labute approximate surface area is 109 Å². The largest absolute Gasteiger partial charge is 0.330 e. The lowest BCUT2D eigenvalue weighted by molar-refractivity contribution is 0.936. The van der Waals surface area contributed by atoms with Crippen LogP contribution in [0.25, 0.3) is 21.5 Å². The predicted octanol–water partition coefficient (Wildman–Crippen LogP) is 2.86. The Morgan fingerprint density at radius 2 is 2.06 bits per heavy atom. The summed E-state index contributed by atoms with van der Waals surface area (Å²) < 4.78 is 0. The molecule has 0 aliphatic carbocycles. The summed E-state index contributed by atoms with van der Waals surface area (Å²) in [6.45, 7) is 0.639. The Bertz CT molecular complexity index is 670. The number of pyridine rings is 1. The molecule has 2 aromatic heterocycles. The summed E-state index contributed by atoms with van der Waals surface area (Å²) in [5.74, 6) is 0. The van der Waals surface area contributed by atoms with E-state index < -0.39 is 0 Å². The molecule has 0 unspecified atom stereocenters. The molecule has 0 spiro atoms. The number of para-hydroxylation sites is 1. The molecule has 0 aliphatic rings. The molecule has 2 heterocycles. The monoisotopic (exact) mass is 255 g/mol. The normalized spacial score (nSPS) is 10.9. The SMILES string of the molecule is NCCc1csc(-c2ccnc3ccccc23)n1. The minimum atomic E-state index is 0.639. The van der Waals surface area contributed by atoms with E-state index in [1.807, 2.05) is 30.5 Å². The molecule has 0 bridgehead atoms. The highest BCUT2D eigenvalue weighted by Gasteiger charge is 2.08. The number of nitrogens with two attached hydrogens (primary N) is 1. The average molecular weight is 255 g/mol. The molecule has 90 valence electrons. The summed E-state index contributed by atoms with van der Waals surface area (Å²) in [4.78, 5) is 9.00. The molecule has 0 amide bonds. The second-order valence-electron chi connectivity index (χ2n) is 4.06. The summed E-state index contributed by atoms with van der Waals surface area (Å²) in [6.07, 6.45) is 2.67. The van der Waals surface area contributed by atoms with E-state index in [-0.39, 0.29) is 0 Å². The highest BCUT2D eigenvalue weighted by molar-refractivity contribution is 7.13. The van der Waals surface area contributed by atoms with Gasteiger partial charge in [-0.05, 0) is 18.7 Å². The van der Waals surface area contributed by atoms with Gasteiger partial charge in [0.1, 0.15) is 5.01 Å². The zero-order valence-corrected chi connectivity index (χ0v) is 10.7. The van der Waals surface area contributed by atoms with Crippen molar-refractivity contribution in [2.45, 2.75) is 6.42 Å². The molecular weight excluding hydrogens is 242 g/mol. The third-order valence-electron chi connectivity index (χ3n) is 2.83. The molecular formula is C14H13N3S. The van der Waals surface area contributed by atoms with Gasteiger partial charge >= 0.3 is 0 Å². The molecule has 3 nitrogen and oxygen atoms in total. The zero-order valence-electron chi connectivity index (χ0n) is 9.84. The maximum Gasteiger partial charge on any atom is 0.124 e. The molecule has 0 atom stereocenters. The Morgan fingerprint density at radius 1 is 1.17 bits per heavy atom. The van der Waals surface area contributed by atoms with Crippen molar-refractivity contribution in [1.29, 1.82) is 0 Å². The van der Waals surface area contributed by atoms with Crippen molar-refractivity contribution in [3.05, 3.63) is 47.6 Å². The van der Waals surface area contributed by atoms with E-state index in [4.69, 9.17) is 5.73 Å². The van der Waals surface area contributed by atoms with Crippen molar-refractivity contribution in [3.8, 4) is 10.6 Å². The first-order chi connectivity index (χ1) is 8.88. The van der Waals surface area contributed by atoms with E-state index in [1.165, 1.54) is 0 Å². The van der Waals surface area contributed by atoms with Gasteiger partial charge in [0.2, 0.25) is 0 Å². The molecule has 0 aliphatic heterocycles. The number of fused-ring (bicyclic) bond motifs is 1. The highest BCUT2D eigenvalue weighted by atomic mass is 32.1. The first-order valence-corrected chi connectivity index (χ1v) is 6.75. The van der Waals surface area contributed by atoms with Gasteiger partial charge in [0.15, 0.2) is 0 Å². The number of nitrogens with zero attached hydrogens (tertiary/aromatic N) is 2. The van der Waals surface area contributed by atoms with E-state index in [9.17, 15) is 0 Å². The van der Waals surface area contributed by atoms with Crippen molar-refractivity contribution in [2.75, 3.05) is 6.54 Å². The van der Waals surface area contributed by atoms with Crippen LogP contribution in [0.2, 0.25) is 0 Å². The van der Waals surface area contributed by atoms with E-state index in [2.05, 4.69) is 21.4 Å². The lowest BCUT2D eigenvalue weighted by Crippen LogP contribution is -2.02. The molecule has 0 radical (unpaired) electrons. The summed E-state index contributed by atoms with van der Waals surface area (Å²) in [5.41, 5.74) is 8.77. The molecule has 1 aromatic carbocycles. The fourth-order valence-corrected chi connectivity index (χ4v) is 2.87. The number of aromatic nitrogens is 2. The van der Waals surface area contributed by atoms with Crippen molar-refractivity contribution in [1.82, 2.24) is 9.97 Å². The van der Waals surface area contributed by atoms with Gasteiger partial charge in [-0.1, -0.05) is 18.2 Å². The van der Waals surface area contributed by atoms with Gasteiger partial charge in [0.05, 0.1) is 11.2 Å². The number of benzene rings is 1. The van der Waals surface area contributed by atoms with Crippen molar-refractivity contribution in [3.63, 3.8) is 0 Å². The zero-order chi connectivity index (χ0) is 12.4. The number of rotatable bonds is 3. The maximum atomic E-state index is 5.55.